The number of hydrazone groups is 1. The fourth-order valence-electron chi connectivity index (χ4n) is 4.18. The van der Waals surface area contributed by atoms with Crippen molar-refractivity contribution in [1.29, 1.82) is 5.41 Å². The molecule has 0 spiro atoms. The molecule has 9 nitrogen and oxygen atoms in total. The maximum Gasteiger partial charge on any atom is 0.283 e. The molecule has 0 fully saturated rings. The minimum atomic E-state index is -0.448. The van der Waals surface area contributed by atoms with Crippen molar-refractivity contribution in [2.24, 2.45) is 10.1 Å². The molecule has 4 rings (SSSR count). The first-order valence-corrected chi connectivity index (χ1v) is 15.6. The summed E-state index contributed by atoms with van der Waals surface area (Å²) in [5, 5.41) is 16.0. The van der Waals surface area contributed by atoms with Crippen molar-refractivity contribution in [2.75, 3.05) is 33.5 Å². The average molecular weight is 691 g/mol. The van der Waals surface area contributed by atoms with E-state index in [0.29, 0.717) is 48.7 Å². The molecule has 0 radical (unpaired) electrons. The number of ether oxygens (including phenoxy) is 4. The van der Waals surface area contributed by atoms with Gasteiger partial charge >= 0.3 is 0 Å². The molecule has 1 amide bonds. The maximum atomic E-state index is 12.9. The van der Waals surface area contributed by atoms with Gasteiger partial charge in [0, 0.05) is 0 Å². The number of benzene rings is 2. The third-order valence-electron chi connectivity index (χ3n) is 6.27. The molecule has 41 heavy (non-hydrogen) atoms. The van der Waals surface area contributed by atoms with E-state index in [2.05, 4.69) is 39.6 Å². The number of amides is 1. The second-order valence-electron chi connectivity index (χ2n) is 9.33. The van der Waals surface area contributed by atoms with Gasteiger partial charge < -0.3 is 18.9 Å². The van der Waals surface area contributed by atoms with E-state index in [0.717, 1.165) is 33.6 Å². The number of rotatable bonds is 16. The normalized spacial score (nSPS) is 15.6. The predicted octanol–water partition coefficient (Wildman–Crippen LogP) is 6.75. The van der Waals surface area contributed by atoms with Crippen LogP contribution in [-0.2, 0) is 9.53 Å². The first-order chi connectivity index (χ1) is 20.0. The van der Waals surface area contributed by atoms with Gasteiger partial charge in [0.1, 0.15) is 24.0 Å². The molecule has 0 saturated carbocycles. The van der Waals surface area contributed by atoms with E-state index in [9.17, 15) is 4.79 Å². The van der Waals surface area contributed by atoms with Crippen molar-refractivity contribution in [3.8, 4) is 17.2 Å². The van der Waals surface area contributed by atoms with Gasteiger partial charge in [0.05, 0.1) is 29.5 Å². The molecule has 0 aromatic heterocycles. The number of para-hydroxylation sites is 1. The highest BCUT2D eigenvalue weighted by molar-refractivity contribution is 14.1. The lowest BCUT2D eigenvalue weighted by Gasteiger charge is -2.20. The highest BCUT2D eigenvalue weighted by atomic mass is 127. The monoisotopic (exact) mass is 690 g/mol. The van der Waals surface area contributed by atoms with E-state index < -0.39 is 5.91 Å². The number of hydrogen-bond acceptors (Lipinski definition) is 8. The van der Waals surface area contributed by atoms with Gasteiger partial charge in [-0.05, 0) is 83.1 Å². The van der Waals surface area contributed by atoms with E-state index in [-0.39, 0.29) is 11.4 Å². The summed E-state index contributed by atoms with van der Waals surface area (Å²) in [5.41, 5.74) is 0.881. The van der Waals surface area contributed by atoms with Crippen LogP contribution in [0.15, 0.2) is 58.1 Å². The lowest BCUT2D eigenvalue weighted by Crippen LogP contribution is -2.35. The quantitative estimate of drug-likeness (QED) is 0.118. The van der Waals surface area contributed by atoms with Crippen molar-refractivity contribution >= 4 is 62.4 Å². The number of fused-ring (bicyclic) bond motifs is 1. The Morgan fingerprint density at radius 3 is 2.54 bits per heavy atom. The molecule has 1 N–H and O–H groups in total. The lowest BCUT2D eigenvalue weighted by molar-refractivity contribution is -0.114. The van der Waals surface area contributed by atoms with Crippen LogP contribution in [0.1, 0.15) is 51.0 Å². The summed E-state index contributed by atoms with van der Waals surface area (Å²) in [6.45, 7) is 3.83. The number of unbranched alkanes of at least 4 members (excludes halogenated alkanes) is 4. The lowest BCUT2D eigenvalue weighted by atomic mass is 10.1. The van der Waals surface area contributed by atoms with Gasteiger partial charge in [0.2, 0.25) is 5.17 Å². The smallest absolute Gasteiger partial charge is 0.283 e. The summed E-state index contributed by atoms with van der Waals surface area (Å²) in [4.78, 5) is 17.1. The third kappa shape index (κ3) is 8.79. The van der Waals surface area contributed by atoms with E-state index in [1.807, 2.05) is 36.4 Å². The number of aliphatic imine (C=N–C) groups is 1. The van der Waals surface area contributed by atoms with Crippen molar-refractivity contribution in [3.63, 3.8) is 0 Å². The van der Waals surface area contributed by atoms with Crippen molar-refractivity contribution in [3.05, 3.63) is 57.2 Å². The Balaban J connectivity index is 1.32. The second kappa shape index (κ2) is 15.9. The van der Waals surface area contributed by atoms with Gasteiger partial charge in [-0.3, -0.25) is 10.2 Å². The van der Waals surface area contributed by atoms with Gasteiger partial charge in [0.15, 0.2) is 17.3 Å². The minimum absolute atomic E-state index is 0.0242. The number of methoxy groups -OCH3 is 1. The molecular formula is C30H35IN4O5S. The summed E-state index contributed by atoms with van der Waals surface area (Å²) >= 11 is 3.55. The number of nitrogens with one attached hydrogen (secondary N) is 1. The molecule has 218 valence electrons. The third-order valence-corrected chi connectivity index (χ3v) is 8.04. The zero-order valence-electron chi connectivity index (χ0n) is 23.4. The van der Waals surface area contributed by atoms with Crippen LogP contribution < -0.4 is 14.2 Å². The van der Waals surface area contributed by atoms with Crippen LogP contribution in [0.5, 0.6) is 17.2 Å². The molecule has 0 saturated heterocycles. The largest absolute Gasteiger partial charge is 0.493 e. The first-order valence-electron chi connectivity index (χ1n) is 13.7. The molecule has 0 unspecified atom stereocenters. The van der Waals surface area contributed by atoms with Gasteiger partial charge in [0.25, 0.3) is 5.91 Å². The van der Waals surface area contributed by atoms with Crippen LogP contribution in [0.4, 0.5) is 0 Å². The molecule has 2 aliphatic heterocycles. The number of nitrogens with zero attached hydrogens (tertiary/aromatic N) is 3. The average Bonchev–Trinajstić information content (AvgIpc) is 3.38. The van der Waals surface area contributed by atoms with Crippen LogP contribution >= 0.6 is 34.4 Å². The van der Waals surface area contributed by atoms with Gasteiger partial charge in [-0.25, -0.2) is 0 Å². The number of halogens is 1. The van der Waals surface area contributed by atoms with Gasteiger partial charge in [-0.1, -0.05) is 50.8 Å². The predicted molar refractivity (Wildman–Crippen MR) is 172 cm³/mol. The van der Waals surface area contributed by atoms with Crippen LogP contribution in [0.2, 0.25) is 0 Å². The highest BCUT2D eigenvalue weighted by Crippen LogP contribution is 2.36. The van der Waals surface area contributed by atoms with Crippen molar-refractivity contribution in [2.45, 2.75) is 45.4 Å². The SMILES string of the molecule is CCCCCCCC1=NN2C(=N)/C(=C/c3cc(I)c(OCCOCCOc4ccccc4)c(OC)c3)C(=O)N=C2S1. The second-order valence-corrected chi connectivity index (χ2v) is 11.5. The van der Waals surface area contributed by atoms with Crippen LogP contribution in [0.3, 0.4) is 0 Å². The molecule has 0 aliphatic carbocycles. The molecule has 11 heteroatoms. The van der Waals surface area contributed by atoms with Crippen LogP contribution in [0, 0.1) is 8.98 Å². The van der Waals surface area contributed by atoms with Crippen molar-refractivity contribution in [1.82, 2.24) is 5.01 Å². The van der Waals surface area contributed by atoms with Crippen molar-refractivity contribution < 1.29 is 23.7 Å². The summed E-state index contributed by atoms with van der Waals surface area (Å²) in [6.07, 6.45) is 8.33. The zero-order chi connectivity index (χ0) is 29.0. The van der Waals surface area contributed by atoms with E-state index in [1.54, 1.807) is 19.3 Å². The van der Waals surface area contributed by atoms with E-state index >= 15 is 0 Å². The summed E-state index contributed by atoms with van der Waals surface area (Å²) in [7, 11) is 1.57. The Labute approximate surface area is 259 Å². The topological polar surface area (TPSA) is 106 Å². The molecule has 2 heterocycles. The Morgan fingerprint density at radius 2 is 1.78 bits per heavy atom. The number of carbonyl (C=O) groups excluding carboxylic acids is 1. The highest BCUT2D eigenvalue weighted by Gasteiger charge is 2.35. The number of thioether (sulfide) groups is 1. The standard InChI is InChI=1S/C30H35IN4O5S/c1-3-4-5-6-10-13-26-34-35-28(32)23(29(36)33-30(35)41-26)18-21-19-24(31)27(25(20-21)37-2)40-17-15-38-14-16-39-22-11-8-7-9-12-22/h7-9,11-12,18-20,32H,3-6,10,13-17H2,1-2H3/b23-18-,32-28?. The maximum absolute atomic E-state index is 12.9. The molecule has 0 atom stereocenters. The molecular weight excluding hydrogens is 655 g/mol. The molecule has 2 aromatic carbocycles. The number of amidine groups is 2. The zero-order valence-corrected chi connectivity index (χ0v) is 26.3. The molecule has 0 bridgehead atoms. The van der Waals surface area contributed by atoms with Gasteiger partial charge in [-0.15, -0.1) is 0 Å². The Bertz CT molecular complexity index is 1320. The first kappa shape index (κ1) is 31.0. The summed E-state index contributed by atoms with van der Waals surface area (Å²) in [5.74, 6) is 1.50. The fourth-order valence-corrected chi connectivity index (χ4v) is 5.89. The minimum Gasteiger partial charge on any atom is -0.493 e. The van der Waals surface area contributed by atoms with Crippen LogP contribution in [-0.4, -0.2) is 60.5 Å². The Morgan fingerprint density at radius 1 is 1.02 bits per heavy atom. The summed E-state index contributed by atoms with van der Waals surface area (Å²) < 4.78 is 23.6. The van der Waals surface area contributed by atoms with E-state index in [4.69, 9.17) is 24.4 Å². The van der Waals surface area contributed by atoms with Gasteiger partial charge in [-0.2, -0.15) is 15.1 Å². The Hall–Kier alpha value is -2.90. The number of hydrogen-bond donors (Lipinski definition) is 1. The molecule has 2 aromatic rings. The number of carbonyl (C=O) groups is 1. The fraction of sp³-hybridized carbons (Fsp3) is 0.400. The summed E-state index contributed by atoms with van der Waals surface area (Å²) in [6, 6.07) is 13.3. The van der Waals surface area contributed by atoms with E-state index in [1.165, 1.54) is 36.0 Å². The van der Waals surface area contributed by atoms with Crippen LogP contribution in [0.25, 0.3) is 6.08 Å². The Kier molecular flexibility index (Phi) is 12.1. The molecule has 2 aliphatic rings.